The summed E-state index contributed by atoms with van der Waals surface area (Å²) in [4.78, 5) is 0.655. The van der Waals surface area contributed by atoms with Crippen molar-refractivity contribution in [1.82, 2.24) is 0 Å². The Hall–Kier alpha value is -0.870. The summed E-state index contributed by atoms with van der Waals surface area (Å²) >= 11 is -1.35. The summed E-state index contributed by atoms with van der Waals surface area (Å²) in [7, 11) is 1.59. The largest absolute Gasteiger partial charge is 0.497 e. The van der Waals surface area contributed by atoms with Crippen LogP contribution < -0.4 is 4.74 Å². The first-order chi connectivity index (χ1) is 6.27. The smallest absolute Gasteiger partial charge is 0.189 e. The third kappa shape index (κ3) is 2.82. The van der Waals surface area contributed by atoms with Crippen LogP contribution in [0.1, 0.15) is 6.92 Å². The fourth-order valence-corrected chi connectivity index (χ4v) is 1.57. The third-order valence-electron chi connectivity index (χ3n) is 1.48. The average Bonchev–Trinajstić information content (AvgIpc) is 2.18. The molecule has 72 valence electrons. The first kappa shape index (κ1) is 10.2. The van der Waals surface area contributed by atoms with Crippen LogP contribution in [0.5, 0.6) is 5.75 Å². The zero-order chi connectivity index (χ0) is 9.68. The van der Waals surface area contributed by atoms with Gasteiger partial charge in [-0.25, -0.2) is 4.21 Å². The van der Waals surface area contributed by atoms with Crippen molar-refractivity contribution < 1.29 is 13.1 Å². The van der Waals surface area contributed by atoms with Crippen LogP contribution >= 0.6 is 0 Å². The topological polar surface area (TPSA) is 35.5 Å². The Kier molecular flexibility index (Phi) is 3.92. The van der Waals surface area contributed by atoms with Crippen molar-refractivity contribution in [3.8, 4) is 5.75 Å². The van der Waals surface area contributed by atoms with Gasteiger partial charge in [0, 0.05) is 0 Å². The molecule has 0 spiro atoms. The molecule has 0 radical (unpaired) electrons. The molecular formula is C9H12O3S. The fourth-order valence-electron chi connectivity index (χ4n) is 0.862. The van der Waals surface area contributed by atoms with Gasteiger partial charge >= 0.3 is 0 Å². The van der Waals surface area contributed by atoms with Gasteiger partial charge in [-0.3, -0.25) is 4.18 Å². The molecule has 4 heteroatoms. The average molecular weight is 200 g/mol. The molecule has 0 saturated heterocycles. The molecule has 0 aliphatic carbocycles. The molecule has 0 unspecified atom stereocenters. The second-order valence-corrected chi connectivity index (χ2v) is 3.49. The standard InChI is InChI=1S/C9H12O3S/c1-3-12-13(10)9-6-4-8(11-2)5-7-9/h4-7H,3H2,1-2H3/t13-/m1/s1. The molecular weight excluding hydrogens is 188 g/mol. The van der Waals surface area contributed by atoms with E-state index in [0.717, 1.165) is 5.75 Å². The van der Waals surface area contributed by atoms with Gasteiger partial charge in [-0.05, 0) is 31.2 Å². The first-order valence-corrected chi connectivity index (χ1v) is 5.04. The molecule has 0 saturated carbocycles. The van der Waals surface area contributed by atoms with Gasteiger partial charge in [-0.15, -0.1) is 0 Å². The van der Waals surface area contributed by atoms with Gasteiger partial charge < -0.3 is 4.74 Å². The van der Waals surface area contributed by atoms with E-state index in [1.165, 1.54) is 0 Å². The summed E-state index contributed by atoms with van der Waals surface area (Å²) in [6.45, 7) is 2.25. The molecule has 0 fully saturated rings. The van der Waals surface area contributed by atoms with Crippen molar-refractivity contribution >= 4 is 11.1 Å². The highest BCUT2D eigenvalue weighted by Gasteiger charge is 2.02. The van der Waals surface area contributed by atoms with Crippen LogP contribution in [0.15, 0.2) is 29.2 Å². The van der Waals surface area contributed by atoms with Crippen LogP contribution in [-0.4, -0.2) is 17.9 Å². The molecule has 0 aromatic heterocycles. The van der Waals surface area contributed by atoms with E-state index in [1.54, 1.807) is 38.3 Å². The number of rotatable bonds is 4. The highest BCUT2D eigenvalue weighted by atomic mass is 32.2. The Morgan fingerprint density at radius 1 is 1.31 bits per heavy atom. The number of ether oxygens (including phenoxy) is 1. The summed E-state index contributed by atoms with van der Waals surface area (Å²) in [5.41, 5.74) is 0. The lowest BCUT2D eigenvalue weighted by atomic mass is 10.3. The van der Waals surface area contributed by atoms with Gasteiger partial charge in [-0.1, -0.05) is 0 Å². The van der Waals surface area contributed by atoms with E-state index in [0.29, 0.717) is 11.5 Å². The number of methoxy groups -OCH3 is 1. The van der Waals surface area contributed by atoms with Crippen molar-refractivity contribution in [3.05, 3.63) is 24.3 Å². The summed E-state index contributed by atoms with van der Waals surface area (Å²) in [6.07, 6.45) is 0. The second kappa shape index (κ2) is 4.99. The molecule has 0 bridgehead atoms. The molecule has 3 nitrogen and oxygen atoms in total. The summed E-state index contributed by atoms with van der Waals surface area (Å²) < 4.78 is 21.2. The lowest BCUT2D eigenvalue weighted by Crippen LogP contribution is -1.96. The molecule has 1 rings (SSSR count). The van der Waals surface area contributed by atoms with E-state index < -0.39 is 11.1 Å². The minimum absolute atomic E-state index is 0.443. The van der Waals surface area contributed by atoms with Crippen LogP contribution in [0.4, 0.5) is 0 Å². The predicted molar refractivity (Wildman–Crippen MR) is 51.0 cm³/mol. The van der Waals surface area contributed by atoms with Gasteiger partial charge in [0.25, 0.3) is 0 Å². The lowest BCUT2D eigenvalue weighted by molar-refractivity contribution is 0.371. The zero-order valence-electron chi connectivity index (χ0n) is 7.65. The van der Waals surface area contributed by atoms with Gasteiger partial charge in [0.2, 0.25) is 0 Å². The normalized spacial score (nSPS) is 12.5. The molecule has 1 aromatic carbocycles. The Morgan fingerprint density at radius 2 is 1.92 bits per heavy atom. The highest BCUT2D eigenvalue weighted by Crippen LogP contribution is 2.14. The van der Waals surface area contributed by atoms with Gasteiger partial charge in [-0.2, -0.15) is 0 Å². The molecule has 1 aromatic rings. The van der Waals surface area contributed by atoms with Gasteiger partial charge in [0.15, 0.2) is 11.1 Å². The van der Waals surface area contributed by atoms with E-state index in [4.69, 9.17) is 8.92 Å². The molecule has 0 aliphatic rings. The molecule has 1 atom stereocenters. The summed E-state index contributed by atoms with van der Waals surface area (Å²) in [6, 6.07) is 6.97. The van der Waals surface area contributed by atoms with Crippen LogP contribution in [0.2, 0.25) is 0 Å². The van der Waals surface area contributed by atoms with Crippen molar-refractivity contribution in [2.24, 2.45) is 0 Å². The zero-order valence-corrected chi connectivity index (χ0v) is 8.47. The Balaban J connectivity index is 2.74. The predicted octanol–water partition coefficient (Wildman–Crippen LogP) is 1.75. The third-order valence-corrected chi connectivity index (χ3v) is 2.58. The SMILES string of the molecule is CCO[S@@](=O)c1ccc(OC)cc1. The van der Waals surface area contributed by atoms with Crippen molar-refractivity contribution in [2.45, 2.75) is 11.8 Å². The van der Waals surface area contributed by atoms with E-state index >= 15 is 0 Å². The Bertz CT molecular complexity index is 281. The maximum absolute atomic E-state index is 11.3. The van der Waals surface area contributed by atoms with E-state index in [-0.39, 0.29) is 0 Å². The number of benzene rings is 1. The summed E-state index contributed by atoms with van der Waals surface area (Å²) in [5, 5.41) is 0. The molecule has 0 heterocycles. The Morgan fingerprint density at radius 3 is 2.38 bits per heavy atom. The van der Waals surface area contributed by atoms with Gasteiger partial charge in [0.05, 0.1) is 18.6 Å². The fraction of sp³-hybridized carbons (Fsp3) is 0.333. The summed E-state index contributed by atoms with van der Waals surface area (Å²) in [5.74, 6) is 0.747. The van der Waals surface area contributed by atoms with Crippen LogP contribution in [0.3, 0.4) is 0 Å². The molecule has 13 heavy (non-hydrogen) atoms. The number of hydrogen-bond donors (Lipinski definition) is 0. The maximum Gasteiger partial charge on any atom is 0.189 e. The van der Waals surface area contributed by atoms with Crippen LogP contribution in [-0.2, 0) is 15.3 Å². The van der Waals surface area contributed by atoms with Crippen molar-refractivity contribution in [1.29, 1.82) is 0 Å². The maximum atomic E-state index is 11.3. The van der Waals surface area contributed by atoms with Gasteiger partial charge in [0.1, 0.15) is 5.75 Å². The van der Waals surface area contributed by atoms with E-state index in [9.17, 15) is 4.21 Å². The first-order valence-electron chi connectivity index (χ1n) is 3.97. The minimum atomic E-state index is -1.35. The van der Waals surface area contributed by atoms with E-state index in [2.05, 4.69) is 0 Å². The quantitative estimate of drug-likeness (QED) is 0.742. The number of hydrogen-bond acceptors (Lipinski definition) is 3. The molecule has 0 N–H and O–H groups in total. The highest BCUT2D eigenvalue weighted by molar-refractivity contribution is 7.80. The Labute approximate surface area is 80.3 Å². The monoisotopic (exact) mass is 200 g/mol. The lowest BCUT2D eigenvalue weighted by Gasteiger charge is -2.02. The van der Waals surface area contributed by atoms with E-state index in [1.807, 2.05) is 0 Å². The minimum Gasteiger partial charge on any atom is -0.497 e. The molecule has 0 aliphatic heterocycles. The van der Waals surface area contributed by atoms with Crippen molar-refractivity contribution in [2.75, 3.05) is 13.7 Å². The van der Waals surface area contributed by atoms with Crippen molar-refractivity contribution in [3.63, 3.8) is 0 Å². The second-order valence-electron chi connectivity index (χ2n) is 2.32. The van der Waals surface area contributed by atoms with Crippen LogP contribution in [0, 0.1) is 0 Å². The molecule has 0 amide bonds. The van der Waals surface area contributed by atoms with Crippen LogP contribution in [0.25, 0.3) is 0 Å².